The molecule has 2 heteroatoms. The summed E-state index contributed by atoms with van der Waals surface area (Å²) < 4.78 is 0. The van der Waals surface area contributed by atoms with Crippen molar-refractivity contribution in [2.24, 2.45) is 0 Å². The maximum Gasteiger partial charge on any atom is 0.119 e. The first-order valence-electron chi connectivity index (χ1n) is 4.86. The molecular weight excluding hydrogens is 162 g/mol. The summed E-state index contributed by atoms with van der Waals surface area (Å²) in [6.45, 7) is 2.11. The molecule has 13 heavy (non-hydrogen) atoms. The third-order valence-electron chi connectivity index (χ3n) is 2.67. The highest BCUT2D eigenvalue weighted by Crippen LogP contribution is 2.29. The first kappa shape index (κ1) is 8.57. The number of benzene rings is 1. The molecule has 2 nitrogen and oxygen atoms in total. The zero-order valence-corrected chi connectivity index (χ0v) is 7.66. The third-order valence-corrected chi connectivity index (χ3v) is 2.67. The summed E-state index contributed by atoms with van der Waals surface area (Å²) in [5.41, 5.74) is 1.09. The second-order valence-electron chi connectivity index (χ2n) is 3.60. The van der Waals surface area contributed by atoms with Crippen LogP contribution in [0, 0.1) is 0 Å². The van der Waals surface area contributed by atoms with Gasteiger partial charge in [-0.15, -0.1) is 0 Å². The SMILES string of the molecule is Oc1ccccc1C1CCCNC1. The van der Waals surface area contributed by atoms with Gasteiger partial charge < -0.3 is 10.4 Å². The van der Waals surface area contributed by atoms with Crippen LogP contribution in [0.2, 0.25) is 0 Å². The first-order chi connectivity index (χ1) is 6.38. The van der Waals surface area contributed by atoms with Gasteiger partial charge in [0, 0.05) is 12.5 Å². The molecule has 0 amide bonds. The quantitative estimate of drug-likeness (QED) is 0.686. The number of phenols is 1. The highest BCUT2D eigenvalue weighted by atomic mass is 16.3. The van der Waals surface area contributed by atoms with Gasteiger partial charge in [0.05, 0.1) is 0 Å². The predicted molar refractivity (Wildman–Crippen MR) is 53.0 cm³/mol. The van der Waals surface area contributed by atoms with Gasteiger partial charge in [-0.1, -0.05) is 18.2 Å². The molecule has 1 aromatic rings. The Bertz CT molecular complexity index is 279. The normalized spacial score (nSPS) is 22.9. The molecule has 1 heterocycles. The van der Waals surface area contributed by atoms with E-state index >= 15 is 0 Å². The minimum Gasteiger partial charge on any atom is -0.508 e. The van der Waals surface area contributed by atoms with E-state index in [0.29, 0.717) is 11.7 Å². The Morgan fingerprint density at radius 3 is 2.85 bits per heavy atom. The highest BCUT2D eigenvalue weighted by molar-refractivity contribution is 5.35. The fraction of sp³-hybridized carbons (Fsp3) is 0.455. The van der Waals surface area contributed by atoms with Gasteiger partial charge in [-0.05, 0) is 31.0 Å². The number of piperidine rings is 1. The lowest BCUT2D eigenvalue weighted by molar-refractivity contribution is 0.425. The molecule has 0 spiro atoms. The van der Waals surface area contributed by atoms with Crippen LogP contribution in [-0.4, -0.2) is 18.2 Å². The van der Waals surface area contributed by atoms with Crippen LogP contribution in [0.1, 0.15) is 24.3 Å². The Kier molecular flexibility index (Phi) is 2.50. The zero-order valence-electron chi connectivity index (χ0n) is 7.66. The van der Waals surface area contributed by atoms with Gasteiger partial charge >= 0.3 is 0 Å². The van der Waals surface area contributed by atoms with Crippen molar-refractivity contribution in [1.82, 2.24) is 5.32 Å². The van der Waals surface area contributed by atoms with E-state index in [2.05, 4.69) is 5.32 Å². The van der Waals surface area contributed by atoms with Gasteiger partial charge in [0.15, 0.2) is 0 Å². The largest absolute Gasteiger partial charge is 0.508 e. The lowest BCUT2D eigenvalue weighted by atomic mass is 9.91. The lowest BCUT2D eigenvalue weighted by Crippen LogP contribution is -2.28. The first-order valence-corrected chi connectivity index (χ1v) is 4.86. The fourth-order valence-electron chi connectivity index (χ4n) is 1.95. The van der Waals surface area contributed by atoms with Crippen molar-refractivity contribution in [1.29, 1.82) is 0 Å². The number of phenolic OH excluding ortho intramolecular Hbond substituents is 1. The number of para-hydroxylation sites is 1. The molecule has 1 aliphatic rings. The maximum atomic E-state index is 9.63. The molecule has 1 atom stereocenters. The number of aromatic hydroxyl groups is 1. The molecule has 2 N–H and O–H groups in total. The van der Waals surface area contributed by atoms with Crippen LogP contribution >= 0.6 is 0 Å². The number of hydrogen-bond donors (Lipinski definition) is 2. The standard InChI is InChI=1S/C11H15NO/c13-11-6-2-1-5-10(11)9-4-3-7-12-8-9/h1-2,5-6,9,12-13H,3-4,7-8H2. The van der Waals surface area contributed by atoms with Crippen molar-refractivity contribution < 1.29 is 5.11 Å². The molecule has 0 aliphatic carbocycles. The van der Waals surface area contributed by atoms with Crippen molar-refractivity contribution in [2.45, 2.75) is 18.8 Å². The Labute approximate surface area is 78.6 Å². The lowest BCUT2D eigenvalue weighted by Gasteiger charge is -2.23. The smallest absolute Gasteiger partial charge is 0.119 e. The van der Waals surface area contributed by atoms with E-state index in [9.17, 15) is 5.11 Å². The molecule has 70 valence electrons. The predicted octanol–water partition coefficient (Wildman–Crippen LogP) is 1.86. The minimum absolute atomic E-state index is 0.441. The second kappa shape index (κ2) is 3.79. The monoisotopic (exact) mass is 177 g/mol. The van der Waals surface area contributed by atoms with Crippen molar-refractivity contribution in [3.8, 4) is 5.75 Å². The minimum atomic E-state index is 0.441. The molecule has 1 aliphatic heterocycles. The summed E-state index contributed by atoms with van der Waals surface area (Å²) >= 11 is 0. The van der Waals surface area contributed by atoms with Gasteiger partial charge in [0.1, 0.15) is 5.75 Å². The summed E-state index contributed by atoms with van der Waals surface area (Å²) in [7, 11) is 0. The Balaban J connectivity index is 2.18. The van der Waals surface area contributed by atoms with Gasteiger partial charge in [-0.3, -0.25) is 0 Å². The molecule has 0 aromatic heterocycles. The van der Waals surface area contributed by atoms with Crippen LogP contribution in [0.15, 0.2) is 24.3 Å². The molecule has 0 bridgehead atoms. The van der Waals surface area contributed by atoms with Gasteiger partial charge in [0.2, 0.25) is 0 Å². The fourth-order valence-corrected chi connectivity index (χ4v) is 1.95. The summed E-state index contributed by atoms with van der Waals surface area (Å²) in [5, 5.41) is 13.0. The van der Waals surface area contributed by atoms with Crippen LogP contribution in [-0.2, 0) is 0 Å². The van der Waals surface area contributed by atoms with E-state index < -0.39 is 0 Å². The van der Waals surface area contributed by atoms with E-state index in [1.807, 2.05) is 18.2 Å². The van der Waals surface area contributed by atoms with E-state index in [-0.39, 0.29) is 0 Å². The average molecular weight is 177 g/mol. The maximum absolute atomic E-state index is 9.63. The topological polar surface area (TPSA) is 32.3 Å². The van der Waals surface area contributed by atoms with Gasteiger partial charge in [-0.2, -0.15) is 0 Å². The molecule has 1 saturated heterocycles. The summed E-state index contributed by atoms with van der Waals surface area (Å²) in [6, 6.07) is 7.65. The highest BCUT2D eigenvalue weighted by Gasteiger charge is 2.17. The van der Waals surface area contributed by atoms with E-state index in [1.54, 1.807) is 6.07 Å². The van der Waals surface area contributed by atoms with E-state index in [4.69, 9.17) is 0 Å². The average Bonchev–Trinajstić information content (AvgIpc) is 2.20. The van der Waals surface area contributed by atoms with Crippen molar-refractivity contribution in [3.63, 3.8) is 0 Å². The Morgan fingerprint density at radius 2 is 2.15 bits per heavy atom. The Morgan fingerprint density at radius 1 is 1.31 bits per heavy atom. The Hall–Kier alpha value is -1.02. The molecule has 1 fully saturated rings. The van der Waals surface area contributed by atoms with Crippen LogP contribution in [0.25, 0.3) is 0 Å². The molecule has 1 aromatic carbocycles. The van der Waals surface area contributed by atoms with Gasteiger partial charge in [0.25, 0.3) is 0 Å². The summed E-state index contributed by atoms with van der Waals surface area (Å²) in [6.07, 6.45) is 2.39. The number of hydrogen-bond acceptors (Lipinski definition) is 2. The van der Waals surface area contributed by atoms with Crippen molar-refractivity contribution in [2.75, 3.05) is 13.1 Å². The van der Waals surface area contributed by atoms with E-state index in [0.717, 1.165) is 18.7 Å². The molecule has 2 rings (SSSR count). The van der Waals surface area contributed by atoms with E-state index in [1.165, 1.54) is 12.8 Å². The second-order valence-corrected chi connectivity index (χ2v) is 3.60. The molecule has 1 unspecified atom stereocenters. The van der Waals surface area contributed by atoms with Crippen LogP contribution in [0.4, 0.5) is 0 Å². The third kappa shape index (κ3) is 1.83. The van der Waals surface area contributed by atoms with Crippen molar-refractivity contribution in [3.05, 3.63) is 29.8 Å². The molecule has 0 saturated carbocycles. The summed E-state index contributed by atoms with van der Waals surface area (Å²) in [5.74, 6) is 0.936. The molecule has 0 radical (unpaired) electrons. The number of rotatable bonds is 1. The van der Waals surface area contributed by atoms with Crippen LogP contribution < -0.4 is 5.32 Å². The van der Waals surface area contributed by atoms with Gasteiger partial charge in [-0.25, -0.2) is 0 Å². The zero-order chi connectivity index (χ0) is 9.10. The summed E-state index contributed by atoms with van der Waals surface area (Å²) in [4.78, 5) is 0. The van der Waals surface area contributed by atoms with Crippen LogP contribution in [0.3, 0.4) is 0 Å². The number of nitrogens with one attached hydrogen (secondary N) is 1. The van der Waals surface area contributed by atoms with Crippen molar-refractivity contribution >= 4 is 0 Å². The van der Waals surface area contributed by atoms with Crippen LogP contribution in [0.5, 0.6) is 5.75 Å². The molecular formula is C11H15NO.